The maximum absolute atomic E-state index is 2.00. The van der Waals surface area contributed by atoms with Gasteiger partial charge in [-0.1, -0.05) is 36.4 Å². The lowest BCUT2D eigenvalue weighted by Crippen LogP contribution is -1.99. The van der Waals surface area contributed by atoms with Gasteiger partial charge in [0.15, 0.2) is 0 Å². The van der Waals surface area contributed by atoms with Gasteiger partial charge in [-0.3, -0.25) is 0 Å². The molecule has 0 aliphatic carbocycles. The summed E-state index contributed by atoms with van der Waals surface area (Å²) in [5.41, 5.74) is 0. The van der Waals surface area contributed by atoms with Crippen LogP contribution in [-0.2, 0) is 0 Å². The van der Waals surface area contributed by atoms with Crippen molar-refractivity contribution in [3.63, 3.8) is 0 Å². The van der Waals surface area contributed by atoms with Crippen LogP contribution in [-0.4, -0.2) is 26.0 Å². The minimum Gasteiger partial charge on any atom is -0.312 e. The molecule has 0 atom stereocenters. The van der Waals surface area contributed by atoms with Crippen LogP contribution < -0.4 is 0 Å². The van der Waals surface area contributed by atoms with Crippen molar-refractivity contribution in [3.8, 4) is 0 Å². The molecule has 1 nitrogen and oxygen atoms in total. The Morgan fingerprint density at radius 3 is 0.818 bits per heavy atom. The van der Waals surface area contributed by atoms with Crippen molar-refractivity contribution >= 4 is 17.0 Å². The highest BCUT2D eigenvalue weighted by Gasteiger charge is 1.58. The van der Waals surface area contributed by atoms with E-state index in [9.17, 15) is 0 Å². The third-order valence-electron chi connectivity index (χ3n) is 0.667. The SMILES string of the molecule is Br.CN(C)C.c1ccccc1. The lowest BCUT2D eigenvalue weighted by atomic mass is 10.4. The summed E-state index contributed by atoms with van der Waals surface area (Å²) in [6.45, 7) is 0. The molecule has 0 radical (unpaired) electrons. The minimum atomic E-state index is 0. The maximum Gasteiger partial charge on any atom is -0.0140 e. The standard InChI is InChI=1S/C6H6.C3H9N.BrH/c1-2-4-6-5-3-1;1-4(2)3;/h1-6H;1-3H3;1H. The number of hydrogen-bond acceptors (Lipinski definition) is 1. The van der Waals surface area contributed by atoms with Crippen molar-refractivity contribution in [2.45, 2.75) is 0 Å². The molecule has 0 aliphatic rings. The first-order chi connectivity index (χ1) is 4.73. The predicted octanol–water partition coefficient (Wildman–Crippen LogP) is 2.44. The van der Waals surface area contributed by atoms with E-state index in [-0.39, 0.29) is 17.0 Å². The van der Waals surface area contributed by atoms with Gasteiger partial charge in [0.25, 0.3) is 0 Å². The molecule has 1 aromatic rings. The van der Waals surface area contributed by atoms with Gasteiger partial charge in [-0.25, -0.2) is 0 Å². The molecule has 0 fully saturated rings. The average Bonchev–Trinajstić information content (AvgIpc) is 1.90. The van der Waals surface area contributed by atoms with Crippen LogP contribution in [0.1, 0.15) is 0 Å². The van der Waals surface area contributed by atoms with Gasteiger partial charge in [-0.2, -0.15) is 0 Å². The molecule has 0 saturated carbocycles. The van der Waals surface area contributed by atoms with Gasteiger partial charge in [0.1, 0.15) is 0 Å². The summed E-state index contributed by atoms with van der Waals surface area (Å²) in [5.74, 6) is 0. The molecular formula is C9H16BrN. The number of nitrogens with zero attached hydrogens (tertiary/aromatic N) is 1. The molecule has 2 heteroatoms. The molecule has 11 heavy (non-hydrogen) atoms. The van der Waals surface area contributed by atoms with Crippen molar-refractivity contribution in [2.75, 3.05) is 21.1 Å². The van der Waals surface area contributed by atoms with Crippen LogP contribution in [0, 0.1) is 0 Å². The molecule has 0 bridgehead atoms. The minimum absolute atomic E-state index is 0. The molecule has 1 rings (SSSR count). The van der Waals surface area contributed by atoms with Crippen molar-refractivity contribution in [1.82, 2.24) is 4.90 Å². The summed E-state index contributed by atoms with van der Waals surface area (Å²) < 4.78 is 0. The van der Waals surface area contributed by atoms with Crippen molar-refractivity contribution in [3.05, 3.63) is 36.4 Å². The zero-order chi connectivity index (χ0) is 7.82. The van der Waals surface area contributed by atoms with E-state index < -0.39 is 0 Å². The Morgan fingerprint density at radius 2 is 0.727 bits per heavy atom. The molecule has 0 amide bonds. The Hall–Kier alpha value is -0.340. The van der Waals surface area contributed by atoms with Crippen LogP contribution >= 0.6 is 17.0 Å². The third kappa shape index (κ3) is 17.7. The highest BCUT2D eigenvalue weighted by atomic mass is 79.9. The van der Waals surface area contributed by atoms with E-state index in [2.05, 4.69) is 0 Å². The first-order valence-corrected chi connectivity index (χ1v) is 3.34. The van der Waals surface area contributed by atoms with Crippen LogP contribution in [0.4, 0.5) is 0 Å². The molecule has 1 aromatic carbocycles. The molecule has 0 unspecified atom stereocenters. The van der Waals surface area contributed by atoms with Crippen LogP contribution in [0.5, 0.6) is 0 Å². The van der Waals surface area contributed by atoms with E-state index in [1.807, 2.05) is 62.4 Å². The average molecular weight is 218 g/mol. The van der Waals surface area contributed by atoms with E-state index in [1.54, 1.807) is 0 Å². The fraction of sp³-hybridized carbons (Fsp3) is 0.333. The summed E-state index contributed by atoms with van der Waals surface area (Å²) in [6, 6.07) is 12.0. The second-order valence-electron chi connectivity index (χ2n) is 2.50. The van der Waals surface area contributed by atoms with Gasteiger partial charge in [0, 0.05) is 0 Å². The number of rotatable bonds is 0. The second kappa shape index (κ2) is 9.66. The normalized spacial score (nSPS) is 7.64. The largest absolute Gasteiger partial charge is 0.312 e. The lowest BCUT2D eigenvalue weighted by molar-refractivity contribution is 0.505. The second-order valence-corrected chi connectivity index (χ2v) is 2.50. The number of halogens is 1. The first kappa shape index (κ1) is 13.3. The Morgan fingerprint density at radius 1 is 0.636 bits per heavy atom. The molecule has 0 aromatic heterocycles. The smallest absolute Gasteiger partial charge is 0.0140 e. The van der Waals surface area contributed by atoms with Gasteiger partial charge in [0.05, 0.1) is 0 Å². The van der Waals surface area contributed by atoms with Gasteiger partial charge >= 0.3 is 0 Å². The topological polar surface area (TPSA) is 3.24 Å². The van der Waals surface area contributed by atoms with E-state index in [0.717, 1.165) is 0 Å². The van der Waals surface area contributed by atoms with E-state index in [0.29, 0.717) is 0 Å². The van der Waals surface area contributed by atoms with Gasteiger partial charge < -0.3 is 4.90 Å². The zero-order valence-electron chi connectivity index (χ0n) is 7.32. The number of hydrogen-bond donors (Lipinski definition) is 0. The summed E-state index contributed by atoms with van der Waals surface area (Å²) in [4.78, 5) is 2.00. The highest BCUT2D eigenvalue weighted by molar-refractivity contribution is 8.93. The lowest BCUT2D eigenvalue weighted by Gasteiger charge is -1.90. The molecular weight excluding hydrogens is 202 g/mol. The molecule has 0 spiro atoms. The van der Waals surface area contributed by atoms with Gasteiger partial charge in [-0.05, 0) is 21.1 Å². The van der Waals surface area contributed by atoms with Crippen molar-refractivity contribution in [2.24, 2.45) is 0 Å². The van der Waals surface area contributed by atoms with Gasteiger partial charge in [0.2, 0.25) is 0 Å². The van der Waals surface area contributed by atoms with Gasteiger partial charge in [-0.15, -0.1) is 17.0 Å². The van der Waals surface area contributed by atoms with Crippen molar-refractivity contribution < 1.29 is 0 Å². The Kier molecular flexibility index (Phi) is 11.6. The zero-order valence-corrected chi connectivity index (χ0v) is 9.03. The third-order valence-corrected chi connectivity index (χ3v) is 0.667. The molecule has 0 saturated heterocycles. The van der Waals surface area contributed by atoms with E-state index >= 15 is 0 Å². The Labute approximate surface area is 79.8 Å². The molecule has 0 aliphatic heterocycles. The van der Waals surface area contributed by atoms with Crippen LogP contribution in [0.25, 0.3) is 0 Å². The fourth-order valence-corrected chi connectivity index (χ4v) is 0.385. The summed E-state index contributed by atoms with van der Waals surface area (Å²) in [7, 11) is 6.00. The highest BCUT2D eigenvalue weighted by Crippen LogP contribution is 1.79. The van der Waals surface area contributed by atoms with E-state index in [4.69, 9.17) is 0 Å². The monoisotopic (exact) mass is 217 g/mol. The maximum atomic E-state index is 2.00. The van der Waals surface area contributed by atoms with Crippen LogP contribution in [0.3, 0.4) is 0 Å². The molecule has 0 N–H and O–H groups in total. The predicted molar refractivity (Wildman–Crippen MR) is 56.4 cm³/mol. The molecule has 64 valence electrons. The Balaban J connectivity index is 0. The summed E-state index contributed by atoms with van der Waals surface area (Å²) in [6.07, 6.45) is 0. The number of benzene rings is 1. The summed E-state index contributed by atoms with van der Waals surface area (Å²) in [5, 5.41) is 0. The fourth-order valence-electron chi connectivity index (χ4n) is 0.385. The first-order valence-electron chi connectivity index (χ1n) is 3.34. The van der Waals surface area contributed by atoms with Crippen LogP contribution in [0.15, 0.2) is 36.4 Å². The Bertz CT molecular complexity index is 110. The van der Waals surface area contributed by atoms with Crippen LogP contribution in [0.2, 0.25) is 0 Å². The van der Waals surface area contributed by atoms with Crippen molar-refractivity contribution in [1.29, 1.82) is 0 Å². The summed E-state index contributed by atoms with van der Waals surface area (Å²) >= 11 is 0. The molecule has 0 heterocycles. The quantitative estimate of drug-likeness (QED) is 0.646. The van der Waals surface area contributed by atoms with E-state index in [1.165, 1.54) is 0 Å².